The van der Waals surface area contributed by atoms with E-state index >= 15 is 0 Å². The van der Waals surface area contributed by atoms with Crippen molar-refractivity contribution < 1.29 is 0 Å². The number of rotatable bonds is 5. The molecule has 1 aromatic heterocycles. The van der Waals surface area contributed by atoms with Gasteiger partial charge in [-0.1, -0.05) is 35.8 Å². The Hall–Kier alpha value is -2.47. The number of hydrogen-bond acceptors (Lipinski definition) is 4. The Morgan fingerprint density at radius 2 is 1.90 bits per heavy atom. The fourth-order valence-electron chi connectivity index (χ4n) is 4.17. The molecular weight excluding hydrogens is 452 g/mol. The zero-order chi connectivity index (χ0) is 22.1. The minimum atomic E-state index is -0.138. The van der Waals surface area contributed by atoms with E-state index in [4.69, 9.17) is 4.98 Å². The second kappa shape index (κ2) is 8.95. The third-order valence-electron chi connectivity index (χ3n) is 6.45. The first-order valence-electron chi connectivity index (χ1n) is 11.0. The standard InChI is InChI=1S/C25H29BrN4O/c1-5-16(2)24-28-22-10-9-20(26)14-21(22)25(31)30(24)27-15-19-8-11-23(18(4)17(19)3)29-12-6-7-13-29/h8-11,14-16H,5-7,12-13H2,1-4H3/t16-/m0/s1. The van der Waals surface area contributed by atoms with Crippen molar-refractivity contribution in [2.75, 3.05) is 18.0 Å². The van der Waals surface area contributed by atoms with Crippen LogP contribution in [0.3, 0.4) is 0 Å². The summed E-state index contributed by atoms with van der Waals surface area (Å²) >= 11 is 3.46. The smallest absolute Gasteiger partial charge is 0.282 e. The molecule has 2 heterocycles. The van der Waals surface area contributed by atoms with E-state index in [1.54, 1.807) is 6.21 Å². The van der Waals surface area contributed by atoms with Gasteiger partial charge in [-0.15, -0.1) is 0 Å². The van der Waals surface area contributed by atoms with Gasteiger partial charge >= 0.3 is 0 Å². The summed E-state index contributed by atoms with van der Waals surface area (Å²) in [6.07, 6.45) is 5.20. The fraction of sp³-hybridized carbons (Fsp3) is 0.400. The van der Waals surface area contributed by atoms with Gasteiger partial charge < -0.3 is 4.90 Å². The lowest BCUT2D eigenvalue weighted by Gasteiger charge is -2.22. The molecular formula is C25H29BrN4O. The third-order valence-corrected chi connectivity index (χ3v) is 6.94. The topological polar surface area (TPSA) is 50.5 Å². The molecule has 0 spiro atoms. The summed E-state index contributed by atoms with van der Waals surface area (Å²) in [4.78, 5) is 20.6. The van der Waals surface area contributed by atoms with Crippen LogP contribution in [-0.4, -0.2) is 29.0 Å². The molecule has 0 radical (unpaired) electrons. The maximum absolute atomic E-state index is 13.3. The van der Waals surface area contributed by atoms with Crippen molar-refractivity contribution in [2.24, 2.45) is 5.10 Å². The first-order chi connectivity index (χ1) is 14.9. The lowest BCUT2D eigenvalue weighted by atomic mass is 10.0. The van der Waals surface area contributed by atoms with Crippen molar-refractivity contribution >= 4 is 38.7 Å². The van der Waals surface area contributed by atoms with Gasteiger partial charge in [-0.3, -0.25) is 4.79 Å². The van der Waals surface area contributed by atoms with Crippen molar-refractivity contribution in [3.8, 4) is 0 Å². The highest BCUT2D eigenvalue weighted by atomic mass is 79.9. The molecule has 0 saturated carbocycles. The van der Waals surface area contributed by atoms with Crippen LogP contribution >= 0.6 is 15.9 Å². The molecule has 1 aliphatic heterocycles. The van der Waals surface area contributed by atoms with E-state index in [0.29, 0.717) is 16.7 Å². The van der Waals surface area contributed by atoms with E-state index < -0.39 is 0 Å². The fourth-order valence-corrected chi connectivity index (χ4v) is 4.53. The summed E-state index contributed by atoms with van der Waals surface area (Å²) in [5, 5.41) is 5.21. The second-order valence-electron chi connectivity index (χ2n) is 8.42. The van der Waals surface area contributed by atoms with Crippen LogP contribution in [0.2, 0.25) is 0 Å². The molecule has 0 aliphatic carbocycles. The van der Waals surface area contributed by atoms with Gasteiger partial charge in [0, 0.05) is 29.2 Å². The van der Waals surface area contributed by atoms with Gasteiger partial charge in [0.25, 0.3) is 5.56 Å². The molecule has 3 aromatic rings. The molecule has 1 aliphatic rings. The Labute approximate surface area is 191 Å². The van der Waals surface area contributed by atoms with Crippen molar-refractivity contribution in [1.82, 2.24) is 9.66 Å². The minimum Gasteiger partial charge on any atom is -0.371 e. The van der Waals surface area contributed by atoms with Crippen LogP contribution in [-0.2, 0) is 0 Å². The molecule has 0 amide bonds. The van der Waals surface area contributed by atoms with Crippen LogP contribution in [0.4, 0.5) is 5.69 Å². The predicted octanol–water partition coefficient (Wildman–Crippen LogP) is 5.77. The van der Waals surface area contributed by atoms with Crippen molar-refractivity contribution in [1.29, 1.82) is 0 Å². The number of benzene rings is 2. The molecule has 1 saturated heterocycles. The van der Waals surface area contributed by atoms with Gasteiger partial charge in [-0.25, -0.2) is 4.98 Å². The normalized spacial score (nSPS) is 15.3. The largest absolute Gasteiger partial charge is 0.371 e. The zero-order valence-corrected chi connectivity index (χ0v) is 20.2. The van der Waals surface area contributed by atoms with Gasteiger partial charge in [-0.2, -0.15) is 9.78 Å². The second-order valence-corrected chi connectivity index (χ2v) is 9.34. The van der Waals surface area contributed by atoms with Crippen LogP contribution in [0.25, 0.3) is 10.9 Å². The quantitative estimate of drug-likeness (QED) is 0.435. The van der Waals surface area contributed by atoms with Crippen LogP contribution < -0.4 is 10.5 Å². The Kier molecular flexibility index (Phi) is 6.28. The van der Waals surface area contributed by atoms with Gasteiger partial charge in [0.1, 0.15) is 5.82 Å². The molecule has 0 bridgehead atoms. The van der Waals surface area contributed by atoms with E-state index in [2.05, 4.69) is 65.8 Å². The molecule has 31 heavy (non-hydrogen) atoms. The lowest BCUT2D eigenvalue weighted by molar-refractivity contribution is 0.613. The highest BCUT2D eigenvalue weighted by Crippen LogP contribution is 2.28. The van der Waals surface area contributed by atoms with Crippen LogP contribution in [0, 0.1) is 13.8 Å². The van der Waals surface area contributed by atoms with E-state index in [1.807, 2.05) is 18.2 Å². The summed E-state index contributed by atoms with van der Waals surface area (Å²) in [7, 11) is 0. The van der Waals surface area contributed by atoms with Crippen molar-refractivity contribution in [3.05, 3.63) is 67.7 Å². The maximum Gasteiger partial charge on any atom is 0.282 e. The highest BCUT2D eigenvalue weighted by Gasteiger charge is 2.17. The molecule has 1 atom stereocenters. The Balaban J connectivity index is 1.79. The average molecular weight is 481 g/mol. The Morgan fingerprint density at radius 1 is 1.16 bits per heavy atom. The SMILES string of the molecule is CC[C@H](C)c1nc2ccc(Br)cc2c(=O)n1N=Cc1ccc(N2CCCC2)c(C)c1C. The molecule has 1 fully saturated rings. The van der Waals surface area contributed by atoms with Gasteiger partial charge in [0.15, 0.2) is 0 Å². The van der Waals surface area contributed by atoms with Crippen molar-refractivity contribution in [2.45, 2.75) is 52.9 Å². The summed E-state index contributed by atoms with van der Waals surface area (Å²) in [6, 6.07) is 9.90. The molecule has 0 N–H and O–H groups in total. The summed E-state index contributed by atoms with van der Waals surface area (Å²) < 4.78 is 2.33. The van der Waals surface area contributed by atoms with Crippen LogP contribution in [0.1, 0.15) is 61.5 Å². The molecule has 5 nitrogen and oxygen atoms in total. The number of fused-ring (bicyclic) bond motifs is 1. The molecule has 0 unspecified atom stereocenters. The van der Waals surface area contributed by atoms with E-state index in [1.165, 1.54) is 34.3 Å². The first kappa shape index (κ1) is 21.8. The van der Waals surface area contributed by atoms with E-state index in [0.717, 1.165) is 29.5 Å². The lowest BCUT2D eigenvalue weighted by Crippen LogP contribution is -2.24. The third kappa shape index (κ3) is 4.18. The minimum absolute atomic E-state index is 0.123. The number of aromatic nitrogens is 2. The first-order valence-corrected chi connectivity index (χ1v) is 11.8. The number of anilines is 1. The van der Waals surface area contributed by atoms with E-state index in [-0.39, 0.29) is 11.5 Å². The summed E-state index contributed by atoms with van der Waals surface area (Å²) in [5.41, 5.74) is 5.38. The summed E-state index contributed by atoms with van der Waals surface area (Å²) in [6.45, 7) is 10.7. The van der Waals surface area contributed by atoms with Crippen LogP contribution in [0.15, 0.2) is 44.7 Å². The summed E-state index contributed by atoms with van der Waals surface area (Å²) in [5.74, 6) is 0.819. The Bertz CT molecular complexity index is 1210. The zero-order valence-electron chi connectivity index (χ0n) is 18.7. The van der Waals surface area contributed by atoms with Gasteiger partial charge in [0.2, 0.25) is 0 Å². The molecule has 162 valence electrons. The average Bonchev–Trinajstić information content (AvgIpc) is 3.30. The van der Waals surface area contributed by atoms with Gasteiger partial charge in [-0.05, 0) is 74.1 Å². The number of nitrogens with zero attached hydrogens (tertiary/aromatic N) is 4. The predicted molar refractivity (Wildman–Crippen MR) is 133 cm³/mol. The number of hydrogen-bond donors (Lipinski definition) is 0. The molecule has 6 heteroatoms. The Morgan fingerprint density at radius 3 is 2.61 bits per heavy atom. The maximum atomic E-state index is 13.3. The number of halogens is 1. The van der Waals surface area contributed by atoms with Gasteiger partial charge in [0.05, 0.1) is 17.1 Å². The van der Waals surface area contributed by atoms with E-state index in [9.17, 15) is 4.79 Å². The molecule has 4 rings (SSSR count). The highest BCUT2D eigenvalue weighted by molar-refractivity contribution is 9.10. The van der Waals surface area contributed by atoms with Crippen LogP contribution in [0.5, 0.6) is 0 Å². The monoisotopic (exact) mass is 480 g/mol. The molecule has 2 aromatic carbocycles. The van der Waals surface area contributed by atoms with Crippen molar-refractivity contribution in [3.63, 3.8) is 0 Å².